The van der Waals surface area contributed by atoms with E-state index in [4.69, 9.17) is 9.47 Å². The second kappa shape index (κ2) is 18.7. The normalized spacial score (nSPS) is 12.6. The van der Waals surface area contributed by atoms with E-state index in [-0.39, 0.29) is 6.10 Å². The van der Waals surface area contributed by atoms with Gasteiger partial charge in [0.05, 0.1) is 12.7 Å². The number of hydrogen-bond acceptors (Lipinski definition) is 4. The summed E-state index contributed by atoms with van der Waals surface area (Å²) < 4.78 is 10.7. The topological polar surface area (TPSA) is 52.6 Å². The Hall–Kier alpha value is -1.06. The summed E-state index contributed by atoms with van der Waals surface area (Å²) in [6.45, 7) is 9.72. The molecule has 1 atom stereocenters. The second-order valence-corrected chi connectivity index (χ2v) is 9.36. The number of carbonyl (C=O) groups is 2. The van der Waals surface area contributed by atoms with Crippen LogP contribution in [0, 0.1) is 5.41 Å². The molecule has 0 saturated carbocycles. The second-order valence-electron chi connectivity index (χ2n) is 9.36. The first-order chi connectivity index (χ1) is 14.4. The molecule has 0 amide bonds. The minimum atomic E-state index is -1.24. The fourth-order valence-corrected chi connectivity index (χ4v) is 3.52. The maximum atomic E-state index is 12.3. The van der Waals surface area contributed by atoms with E-state index < -0.39 is 17.4 Å². The van der Waals surface area contributed by atoms with Crippen LogP contribution in [0.1, 0.15) is 137 Å². The van der Waals surface area contributed by atoms with Gasteiger partial charge in [0.15, 0.2) is 5.41 Å². The smallest absolute Gasteiger partial charge is 0.323 e. The van der Waals surface area contributed by atoms with Crippen molar-refractivity contribution in [2.24, 2.45) is 5.41 Å². The van der Waals surface area contributed by atoms with Crippen LogP contribution in [0.25, 0.3) is 0 Å². The van der Waals surface area contributed by atoms with Crippen LogP contribution in [0.2, 0.25) is 0 Å². The Morgan fingerprint density at radius 2 is 1.10 bits per heavy atom. The number of unbranched alkanes of at least 4 members (excludes halogenated alkanes) is 13. The first-order valence-corrected chi connectivity index (χ1v) is 12.7. The van der Waals surface area contributed by atoms with E-state index in [1.54, 1.807) is 13.8 Å². The molecule has 4 nitrogen and oxygen atoms in total. The predicted molar refractivity (Wildman–Crippen MR) is 126 cm³/mol. The van der Waals surface area contributed by atoms with Gasteiger partial charge in [-0.2, -0.15) is 0 Å². The standard InChI is InChI=1S/C26H50O4/c1-6-8-9-10-11-12-13-14-15-16-17-18-19-20-22-29-24(27)26(4,5)25(28)30-23(3)21-7-2/h23H,6-22H2,1-5H3. The highest BCUT2D eigenvalue weighted by molar-refractivity contribution is 5.99. The van der Waals surface area contributed by atoms with E-state index in [9.17, 15) is 9.59 Å². The van der Waals surface area contributed by atoms with Crippen LogP contribution in [0.3, 0.4) is 0 Å². The molecule has 0 rings (SSSR count). The number of rotatable bonds is 20. The summed E-state index contributed by atoms with van der Waals surface area (Å²) >= 11 is 0. The average molecular weight is 427 g/mol. The van der Waals surface area contributed by atoms with Gasteiger partial charge in [0.1, 0.15) is 0 Å². The quantitative estimate of drug-likeness (QED) is 0.113. The summed E-state index contributed by atoms with van der Waals surface area (Å²) in [5.74, 6) is -0.972. The van der Waals surface area contributed by atoms with E-state index in [1.807, 2.05) is 13.8 Å². The van der Waals surface area contributed by atoms with Gasteiger partial charge in [0, 0.05) is 0 Å². The SMILES string of the molecule is CCCCCCCCCCCCCCCCOC(=O)C(C)(C)C(=O)OC(C)CCC. The largest absolute Gasteiger partial charge is 0.465 e. The number of hydrogen-bond donors (Lipinski definition) is 0. The summed E-state index contributed by atoms with van der Waals surface area (Å²) in [6, 6.07) is 0. The van der Waals surface area contributed by atoms with Crippen molar-refractivity contribution in [3.8, 4) is 0 Å². The van der Waals surface area contributed by atoms with Gasteiger partial charge in [-0.15, -0.1) is 0 Å². The van der Waals surface area contributed by atoms with Crippen LogP contribution in [0.5, 0.6) is 0 Å². The molecular weight excluding hydrogens is 376 g/mol. The number of carbonyl (C=O) groups excluding carboxylic acids is 2. The summed E-state index contributed by atoms with van der Waals surface area (Å²) in [5.41, 5.74) is -1.24. The molecule has 0 aromatic rings. The molecule has 0 bridgehead atoms. The molecule has 0 aromatic heterocycles. The molecular formula is C26H50O4. The Morgan fingerprint density at radius 1 is 0.667 bits per heavy atom. The van der Waals surface area contributed by atoms with Gasteiger partial charge in [-0.25, -0.2) is 0 Å². The average Bonchev–Trinajstić information content (AvgIpc) is 2.70. The maximum absolute atomic E-state index is 12.3. The summed E-state index contributed by atoms with van der Waals surface area (Å²) in [4.78, 5) is 24.5. The first kappa shape index (κ1) is 28.9. The molecule has 0 aromatic carbocycles. The summed E-state index contributed by atoms with van der Waals surface area (Å²) in [6.07, 6.45) is 19.7. The van der Waals surface area contributed by atoms with Crippen molar-refractivity contribution in [2.75, 3.05) is 6.61 Å². The predicted octanol–water partition coefficient (Wildman–Crippen LogP) is 7.77. The molecule has 0 spiro atoms. The van der Waals surface area contributed by atoms with E-state index in [0.29, 0.717) is 6.61 Å². The Balaban J connectivity index is 3.60. The highest BCUT2D eigenvalue weighted by Gasteiger charge is 2.40. The third kappa shape index (κ3) is 14.8. The lowest BCUT2D eigenvalue weighted by Gasteiger charge is -2.23. The fourth-order valence-electron chi connectivity index (χ4n) is 3.52. The Morgan fingerprint density at radius 3 is 1.53 bits per heavy atom. The van der Waals surface area contributed by atoms with Crippen molar-refractivity contribution in [1.29, 1.82) is 0 Å². The van der Waals surface area contributed by atoms with Gasteiger partial charge in [0.2, 0.25) is 0 Å². The van der Waals surface area contributed by atoms with E-state index in [2.05, 4.69) is 6.92 Å². The number of esters is 2. The zero-order valence-electron chi connectivity index (χ0n) is 20.7. The fraction of sp³-hybridized carbons (Fsp3) is 0.923. The molecule has 0 fully saturated rings. The number of ether oxygens (including phenoxy) is 2. The lowest BCUT2D eigenvalue weighted by atomic mass is 9.94. The van der Waals surface area contributed by atoms with Crippen molar-refractivity contribution in [3.63, 3.8) is 0 Å². The van der Waals surface area contributed by atoms with Gasteiger partial charge in [-0.1, -0.05) is 104 Å². The monoisotopic (exact) mass is 426 g/mol. The molecule has 30 heavy (non-hydrogen) atoms. The molecule has 4 heteroatoms. The highest BCUT2D eigenvalue weighted by Crippen LogP contribution is 2.22. The Kier molecular flexibility index (Phi) is 18.0. The lowest BCUT2D eigenvalue weighted by Crippen LogP contribution is -2.38. The molecule has 0 heterocycles. The minimum absolute atomic E-state index is 0.166. The van der Waals surface area contributed by atoms with Crippen molar-refractivity contribution in [1.82, 2.24) is 0 Å². The minimum Gasteiger partial charge on any atom is -0.465 e. The van der Waals surface area contributed by atoms with Crippen LogP contribution >= 0.6 is 0 Å². The van der Waals surface area contributed by atoms with E-state index >= 15 is 0 Å². The molecule has 0 saturated heterocycles. The molecule has 0 radical (unpaired) electrons. The van der Waals surface area contributed by atoms with E-state index in [1.165, 1.54) is 77.0 Å². The van der Waals surface area contributed by atoms with Crippen LogP contribution in [0.4, 0.5) is 0 Å². The van der Waals surface area contributed by atoms with Gasteiger partial charge in [-0.3, -0.25) is 9.59 Å². The molecule has 178 valence electrons. The van der Waals surface area contributed by atoms with Gasteiger partial charge in [-0.05, 0) is 33.6 Å². The third-order valence-corrected chi connectivity index (χ3v) is 5.76. The van der Waals surface area contributed by atoms with E-state index in [0.717, 1.165) is 25.7 Å². The molecule has 0 aliphatic carbocycles. The van der Waals surface area contributed by atoms with Crippen LogP contribution in [-0.4, -0.2) is 24.6 Å². The highest BCUT2D eigenvalue weighted by atomic mass is 16.6. The molecule has 0 aliphatic heterocycles. The zero-order chi connectivity index (χ0) is 22.7. The molecule has 1 unspecified atom stereocenters. The van der Waals surface area contributed by atoms with Crippen LogP contribution in [0.15, 0.2) is 0 Å². The lowest BCUT2D eigenvalue weighted by molar-refractivity contribution is -0.172. The first-order valence-electron chi connectivity index (χ1n) is 12.7. The van der Waals surface area contributed by atoms with Crippen molar-refractivity contribution < 1.29 is 19.1 Å². The van der Waals surface area contributed by atoms with Gasteiger partial charge in [0.25, 0.3) is 0 Å². The molecule has 0 aliphatic rings. The summed E-state index contributed by atoms with van der Waals surface area (Å²) in [7, 11) is 0. The van der Waals surface area contributed by atoms with Gasteiger partial charge < -0.3 is 9.47 Å². The van der Waals surface area contributed by atoms with Crippen LogP contribution in [-0.2, 0) is 19.1 Å². The molecule has 0 N–H and O–H groups in total. The Bertz CT molecular complexity index is 431. The van der Waals surface area contributed by atoms with Gasteiger partial charge >= 0.3 is 11.9 Å². The summed E-state index contributed by atoms with van der Waals surface area (Å²) in [5, 5.41) is 0. The Labute approximate surface area is 186 Å². The maximum Gasteiger partial charge on any atom is 0.323 e. The zero-order valence-corrected chi connectivity index (χ0v) is 20.7. The van der Waals surface area contributed by atoms with Crippen molar-refractivity contribution in [2.45, 2.75) is 143 Å². The van der Waals surface area contributed by atoms with Crippen LogP contribution < -0.4 is 0 Å². The third-order valence-electron chi connectivity index (χ3n) is 5.76. The van der Waals surface area contributed by atoms with Crippen molar-refractivity contribution in [3.05, 3.63) is 0 Å². The van der Waals surface area contributed by atoms with Crippen molar-refractivity contribution >= 4 is 11.9 Å².